The Morgan fingerprint density at radius 2 is 1.81 bits per heavy atom. The number of nitrogens with one attached hydrogen (secondary N) is 2. The van der Waals surface area contributed by atoms with Gasteiger partial charge in [-0.05, 0) is 68.4 Å². The van der Waals surface area contributed by atoms with Crippen molar-refractivity contribution in [2.75, 3.05) is 39.2 Å². The Hall–Kier alpha value is -3.69. The van der Waals surface area contributed by atoms with Crippen molar-refractivity contribution in [2.45, 2.75) is 25.4 Å². The minimum Gasteiger partial charge on any atom is -0.383 e. The number of urea groups is 1. The highest BCUT2D eigenvalue weighted by Gasteiger charge is 2.18. The Bertz CT molecular complexity index is 1450. The second-order valence-electron chi connectivity index (χ2n) is 9.46. The van der Waals surface area contributed by atoms with E-state index in [4.69, 9.17) is 4.74 Å². The molecule has 36 heavy (non-hydrogen) atoms. The lowest BCUT2D eigenvalue weighted by molar-refractivity contribution is 0.187. The van der Waals surface area contributed by atoms with Gasteiger partial charge in [0.1, 0.15) is 0 Å². The largest absolute Gasteiger partial charge is 0.383 e. The number of methoxy groups -OCH3 is 1. The number of ether oxygens (including phenoxy) is 1. The minimum atomic E-state index is -0.172. The van der Waals surface area contributed by atoms with Crippen molar-refractivity contribution in [3.8, 4) is 11.1 Å². The van der Waals surface area contributed by atoms with E-state index in [0.29, 0.717) is 13.2 Å². The second-order valence-corrected chi connectivity index (χ2v) is 9.46. The molecule has 2 N–H and O–H groups in total. The lowest BCUT2D eigenvalue weighted by atomic mass is 10.0. The van der Waals surface area contributed by atoms with Crippen molar-refractivity contribution in [2.24, 2.45) is 7.05 Å². The molecule has 0 radical (unpaired) electrons. The number of aromatic nitrogens is 3. The van der Waals surface area contributed by atoms with Gasteiger partial charge in [0.05, 0.1) is 35.9 Å². The normalized spacial score (nSPS) is 15.0. The number of rotatable bonds is 6. The molecule has 9 heteroatoms. The third-order valence-electron chi connectivity index (χ3n) is 7.02. The summed E-state index contributed by atoms with van der Waals surface area (Å²) in [4.78, 5) is 32.2. The monoisotopic (exact) mass is 488 g/mol. The van der Waals surface area contributed by atoms with Crippen molar-refractivity contribution in [3.05, 3.63) is 59.1 Å². The van der Waals surface area contributed by atoms with E-state index in [1.807, 2.05) is 36.4 Å². The SMILES string of the molecule is COCCn1c(=O)n(C)c2cnc3ccc(-c4ccc(NC(=O)NC5CCN(C)CC5)cc4)cc3c21. The summed E-state index contributed by atoms with van der Waals surface area (Å²) in [7, 11) is 5.50. The van der Waals surface area contributed by atoms with Crippen molar-refractivity contribution in [1.82, 2.24) is 24.3 Å². The van der Waals surface area contributed by atoms with Crippen LogP contribution in [-0.4, -0.2) is 64.9 Å². The fourth-order valence-corrected chi connectivity index (χ4v) is 4.90. The topological polar surface area (TPSA) is 93.4 Å². The molecule has 5 rings (SSSR count). The summed E-state index contributed by atoms with van der Waals surface area (Å²) in [6.45, 7) is 2.91. The van der Waals surface area contributed by atoms with E-state index in [0.717, 1.165) is 64.7 Å². The Morgan fingerprint density at radius 1 is 1.08 bits per heavy atom. The van der Waals surface area contributed by atoms with Crippen molar-refractivity contribution >= 4 is 33.7 Å². The summed E-state index contributed by atoms with van der Waals surface area (Å²) >= 11 is 0. The fourth-order valence-electron chi connectivity index (χ4n) is 4.90. The van der Waals surface area contributed by atoms with Crippen molar-refractivity contribution in [1.29, 1.82) is 0 Å². The highest BCUT2D eigenvalue weighted by molar-refractivity contribution is 6.04. The Kier molecular flexibility index (Phi) is 6.75. The average Bonchev–Trinajstić information content (AvgIpc) is 3.14. The zero-order valence-corrected chi connectivity index (χ0v) is 21.0. The number of nitrogens with zero attached hydrogens (tertiary/aromatic N) is 4. The molecule has 2 amide bonds. The van der Waals surface area contributed by atoms with E-state index in [2.05, 4.69) is 33.6 Å². The smallest absolute Gasteiger partial charge is 0.328 e. The van der Waals surface area contributed by atoms with Crippen molar-refractivity contribution < 1.29 is 9.53 Å². The third-order valence-corrected chi connectivity index (χ3v) is 7.02. The molecule has 0 saturated carbocycles. The minimum absolute atomic E-state index is 0.0873. The van der Waals surface area contributed by atoms with Crippen molar-refractivity contribution in [3.63, 3.8) is 0 Å². The molecule has 9 nitrogen and oxygen atoms in total. The number of aryl methyl sites for hydroxylation is 1. The lowest BCUT2D eigenvalue weighted by Gasteiger charge is -2.29. The number of benzene rings is 2. The summed E-state index contributed by atoms with van der Waals surface area (Å²) < 4.78 is 8.61. The summed E-state index contributed by atoms with van der Waals surface area (Å²) in [6.07, 6.45) is 3.68. The van der Waals surface area contributed by atoms with Gasteiger partial charge in [0, 0.05) is 31.3 Å². The van der Waals surface area contributed by atoms with E-state index < -0.39 is 0 Å². The summed E-state index contributed by atoms with van der Waals surface area (Å²) in [5.41, 5.74) is 5.14. The lowest BCUT2D eigenvalue weighted by Crippen LogP contribution is -2.44. The maximum absolute atomic E-state index is 12.9. The van der Waals surface area contributed by atoms with E-state index in [-0.39, 0.29) is 17.8 Å². The van der Waals surface area contributed by atoms with E-state index in [9.17, 15) is 9.59 Å². The molecule has 0 aliphatic carbocycles. The highest BCUT2D eigenvalue weighted by Crippen LogP contribution is 2.29. The van der Waals surface area contributed by atoms with Gasteiger partial charge in [0.2, 0.25) is 0 Å². The molecule has 1 saturated heterocycles. The highest BCUT2D eigenvalue weighted by atomic mass is 16.5. The zero-order valence-electron chi connectivity index (χ0n) is 21.0. The number of anilines is 1. The number of piperidine rings is 1. The van der Waals surface area contributed by atoms with Gasteiger partial charge in [-0.25, -0.2) is 9.59 Å². The predicted molar refractivity (Wildman–Crippen MR) is 142 cm³/mol. The van der Waals surface area contributed by atoms with Crippen LogP contribution in [0.25, 0.3) is 33.1 Å². The molecule has 1 aliphatic rings. The molecule has 0 bridgehead atoms. The number of hydrogen-bond acceptors (Lipinski definition) is 5. The molecule has 2 aromatic heterocycles. The molecule has 0 spiro atoms. The number of hydrogen-bond donors (Lipinski definition) is 2. The van der Waals surface area contributed by atoms with Gasteiger partial charge in [0.15, 0.2) is 0 Å². The first-order chi connectivity index (χ1) is 17.4. The maximum atomic E-state index is 12.9. The Labute approximate surface area is 209 Å². The van der Waals surface area contributed by atoms with Crippen LogP contribution in [-0.2, 0) is 18.3 Å². The third kappa shape index (κ3) is 4.72. The zero-order chi connectivity index (χ0) is 25.2. The fraction of sp³-hybridized carbons (Fsp3) is 0.370. The van der Waals surface area contributed by atoms with Crippen LogP contribution in [0.3, 0.4) is 0 Å². The van der Waals surface area contributed by atoms with Gasteiger partial charge in [-0.15, -0.1) is 0 Å². The quantitative estimate of drug-likeness (QED) is 0.434. The molecule has 188 valence electrons. The number of likely N-dealkylation sites (tertiary alicyclic amines) is 1. The maximum Gasteiger partial charge on any atom is 0.328 e. The number of pyridine rings is 1. The first kappa shape index (κ1) is 24.0. The number of carbonyl (C=O) groups excluding carboxylic acids is 1. The van der Waals surface area contributed by atoms with Gasteiger partial charge in [-0.2, -0.15) is 0 Å². The molecule has 1 aliphatic heterocycles. The number of amides is 2. The molecule has 1 fully saturated rings. The first-order valence-corrected chi connectivity index (χ1v) is 12.3. The van der Waals surface area contributed by atoms with Crippen LogP contribution in [0.1, 0.15) is 12.8 Å². The van der Waals surface area contributed by atoms with E-state index >= 15 is 0 Å². The summed E-state index contributed by atoms with van der Waals surface area (Å²) in [6, 6.07) is 13.9. The van der Waals surface area contributed by atoms with Gasteiger partial charge in [-0.3, -0.25) is 14.1 Å². The van der Waals surface area contributed by atoms with E-state index in [1.54, 1.807) is 29.5 Å². The molecule has 0 unspecified atom stereocenters. The number of fused-ring (bicyclic) bond motifs is 3. The molecular formula is C27H32N6O3. The van der Waals surface area contributed by atoms with Gasteiger partial charge < -0.3 is 20.3 Å². The van der Waals surface area contributed by atoms with E-state index in [1.165, 1.54) is 0 Å². The van der Waals surface area contributed by atoms with Crippen LogP contribution in [0.4, 0.5) is 10.5 Å². The molecule has 4 aromatic rings. The van der Waals surface area contributed by atoms with Crippen LogP contribution >= 0.6 is 0 Å². The van der Waals surface area contributed by atoms with Gasteiger partial charge in [-0.1, -0.05) is 18.2 Å². The molecular weight excluding hydrogens is 456 g/mol. The van der Waals surface area contributed by atoms with Crippen LogP contribution < -0.4 is 16.3 Å². The first-order valence-electron chi connectivity index (χ1n) is 12.3. The molecule has 0 atom stereocenters. The Balaban J connectivity index is 1.39. The van der Waals surface area contributed by atoms with Crippen LogP contribution in [0.15, 0.2) is 53.5 Å². The van der Waals surface area contributed by atoms with Gasteiger partial charge in [0.25, 0.3) is 0 Å². The van der Waals surface area contributed by atoms with Gasteiger partial charge >= 0.3 is 11.7 Å². The standard InChI is InChI=1S/C27H32N6O3/c1-31-12-10-21(11-13-31)30-26(34)29-20-7-4-18(5-8-20)19-6-9-23-22(16-19)25-24(17-28-23)32(2)27(35)33(25)14-15-36-3/h4-9,16-17,21H,10-15H2,1-3H3,(H2,29,30,34). The molecule has 3 heterocycles. The molecule has 2 aromatic carbocycles. The summed E-state index contributed by atoms with van der Waals surface area (Å²) in [5.74, 6) is 0. The van der Waals surface area contributed by atoms with Crippen LogP contribution in [0.5, 0.6) is 0 Å². The predicted octanol–water partition coefficient (Wildman–Crippen LogP) is 3.42. The Morgan fingerprint density at radius 3 is 2.53 bits per heavy atom. The van der Waals surface area contributed by atoms with Crippen LogP contribution in [0.2, 0.25) is 0 Å². The average molecular weight is 489 g/mol. The van der Waals surface area contributed by atoms with Crippen LogP contribution in [0, 0.1) is 0 Å². The second kappa shape index (κ2) is 10.1. The number of carbonyl (C=O) groups is 1. The number of imidazole rings is 1. The summed E-state index contributed by atoms with van der Waals surface area (Å²) in [5, 5.41) is 6.93.